The van der Waals surface area contributed by atoms with E-state index >= 15 is 0 Å². The molecule has 1 aromatic heterocycles. The molecule has 0 bridgehead atoms. The zero-order chi connectivity index (χ0) is 18.7. The molecule has 0 fully saturated rings. The Morgan fingerprint density at radius 1 is 1.00 bits per heavy atom. The topological polar surface area (TPSA) is 63.8 Å². The second kappa shape index (κ2) is 9.97. The van der Waals surface area contributed by atoms with Crippen molar-refractivity contribution in [1.29, 1.82) is 0 Å². The predicted molar refractivity (Wildman–Crippen MR) is 105 cm³/mol. The number of hydrogen-bond donors (Lipinski definition) is 1. The number of amides is 1. The van der Waals surface area contributed by atoms with Crippen LogP contribution in [0.5, 0.6) is 0 Å². The molecule has 1 N–H and O–H groups in total. The Hall–Kier alpha value is -3.34. The minimum absolute atomic E-state index is 0.126. The fourth-order valence-corrected chi connectivity index (χ4v) is 2.85. The van der Waals surface area contributed by atoms with Crippen molar-refractivity contribution in [1.82, 2.24) is 5.32 Å². The van der Waals surface area contributed by atoms with E-state index in [0.717, 1.165) is 6.42 Å². The molecular formula is C22H22N2O3. The van der Waals surface area contributed by atoms with Gasteiger partial charge in [-0.15, -0.1) is 0 Å². The molecule has 138 valence electrons. The van der Waals surface area contributed by atoms with Gasteiger partial charge < -0.3 is 14.6 Å². The highest BCUT2D eigenvalue weighted by molar-refractivity contribution is 5.77. The third-order valence-corrected chi connectivity index (χ3v) is 4.15. The van der Waals surface area contributed by atoms with Gasteiger partial charge in [-0.3, -0.25) is 4.79 Å². The third kappa shape index (κ3) is 5.85. The maximum atomic E-state index is 11.9. The Morgan fingerprint density at radius 3 is 2.26 bits per heavy atom. The summed E-state index contributed by atoms with van der Waals surface area (Å²) in [5, 5.41) is 6.60. The van der Waals surface area contributed by atoms with Crippen LogP contribution in [0.2, 0.25) is 0 Å². The summed E-state index contributed by atoms with van der Waals surface area (Å²) in [7, 11) is 0. The van der Waals surface area contributed by atoms with Crippen molar-refractivity contribution in [3.05, 3.63) is 95.9 Å². The normalized spacial score (nSPS) is 11.0. The standard InChI is InChI=1S/C22H22N2O3/c25-22(17-27-24-16-20-12-7-15-26-20)23-14-13-21(18-8-3-1-4-9-18)19-10-5-2-6-11-19/h1-12,15-16,21H,13-14,17H2,(H,23,25)/b24-16-. The van der Waals surface area contributed by atoms with Crippen LogP contribution >= 0.6 is 0 Å². The van der Waals surface area contributed by atoms with Crippen LogP contribution in [0, 0.1) is 0 Å². The predicted octanol–water partition coefficient (Wildman–Crippen LogP) is 3.97. The lowest BCUT2D eigenvalue weighted by Gasteiger charge is -2.18. The maximum absolute atomic E-state index is 11.9. The number of nitrogens with zero attached hydrogens (tertiary/aromatic N) is 1. The second-order valence-corrected chi connectivity index (χ2v) is 6.04. The Kier molecular flexibility index (Phi) is 6.81. The monoisotopic (exact) mass is 362 g/mol. The molecule has 0 radical (unpaired) electrons. The Labute approximate surface area is 158 Å². The number of hydrogen-bond acceptors (Lipinski definition) is 4. The average Bonchev–Trinajstić information content (AvgIpc) is 3.23. The number of carbonyl (C=O) groups excluding carboxylic acids is 1. The molecule has 0 spiro atoms. The minimum Gasteiger partial charge on any atom is -0.463 e. The van der Waals surface area contributed by atoms with Gasteiger partial charge in [0.25, 0.3) is 5.91 Å². The summed E-state index contributed by atoms with van der Waals surface area (Å²) in [4.78, 5) is 16.9. The lowest BCUT2D eigenvalue weighted by Crippen LogP contribution is -2.29. The first-order valence-electron chi connectivity index (χ1n) is 8.88. The summed E-state index contributed by atoms with van der Waals surface area (Å²) < 4.78 is 5.09. The second-order valence-electron chi connectivity index (χ2n) is 6.04. The van der Waals surface area contributed by atoms with Crippen molar-refractivity contribution in [2.24, 2.45) is 5.16 Å². The van der Waals surface area contributed by atoms with Crippen molar-refractivity contribution < 1.29 is 14.0 Å². The van der Waals surface area contributed by atoms with Gasteiger partial charge in [0.1, 0.15) is 12.0 Å². The van der Waals surface area contributed by atoms with Crippen LogP contribution in [-0.4, -0.2) is 25.3 Å². The molecular weight excluding hydrogens is 340 g/mol. The van der Waals surface area contributed by atoms with Gasteiger partial charge in [0.2, 0.25) is 0 Å². The van der Waals surface area contributed by atoms with E-state index in [1.807, 2.05) is 36.4 Å². The van der Waals surface area contributed by atoms with Gasteiger partial charge in [0.15, 0.2) is 6.61 Å². The smallest absolute Gasteiger partial charge is 0.260 e. The van der Waals surface area contributed by atoms with E-state index < -0.39 is 0 Å². The van der Waals surface area contributed by atoms with Crippen LogP contribution in [0.25, 0.3) is 0 Å². The van der Waals surface area contributed by atoms with Crippen LogP contribution < -0.4 is 5.32 Å². The largest absolute Gasteiger partial charge is 0.463 e. The van der Waals surface area contributed by atoms with Crippen molar-refractivity contribution in [3.63, 3.8) is 0 Å². The lowest BCUT2D eigenvalue weighted by molar-refractivity contribution is -0.125. The van der Waals surface area contributed by atoms with Gasteiger partial charge in [0.05, 0.1) is 6.26 Å². The molecule has 0 saturated heterocycles. The molecule has 5 heteroatoms. The average molecular weight is 362 g/mol. The quantitative estimate of drug-likeness (QED) is 0.463. The molecule has 27 heavy (non-hydrogen) atoms. The van der Waals surface area contributed by atoms with Crippen LogP contribution in [-0.2, 0) is 9.63 Å². The first-order chi connectivity index (χ1) is 13.3. The molecule has 0 aliphatic rings. The molecule has 5 nitrogen and oxygen atoms in total. The van der Waals surface area contributed by atoms with Crippen molar-refractivity contribution in [3.8, 4) is 0 Å². The van der Waals surface area contributed by atoms with Crippen LogP contribution in [0.3, 0.4) is 0 Å². The number of furan rings is 1. The summed E-state index contributed by atoms with van der Waals surface area (Å²) in [5.74, 6) is 0.598. The molecule has 0 unspecified atom stereocenters. The fraction of sp³-hybridized carbons (Fsp3) is 0.182. The van der Waals surface area contributed by atoms with Crippen molar-refractivity contribution >= 4 is 12.1 Å². The summed E-state index contributed by atoms with van der Waals surface area (Å²) in [6.07, 6.45) is 3.77. The van der Waals surface area contributed by atoms with Gasteiger partial charge in [-0.2, -0.15) is 0 Å². The number of carbonyl (C=O) groups is 1. The maximum Gasteiger partial charge on any atom is 0.260 e. The lowest BCUT2D eigenvalue weighted by atomic mass is 9.88. The Balaban J connectivity index is 1.48. The van der Waals surface area contributed by atoms with E-state index in [2.05, 4.69) is 34.7 Å². The van der Waals surface area contributed by atoms with Crippen molar-refractivity contribution in [2.75, 3.05) is 13.2 Å². The summed E-state index contributed by atoms with van der Waals surface area (Å²) in [5.41, 5.74) is 2.47. The van der Waals surface area contributed by atoms with Crippen LogP contribution in [0.1, 0.15) is 29.2 Å². The first kappa shape index (κ1) is 18.5. The fourth-order valence-electron chi connectivity index (χ4n) is 2.85. The summed E-state index contributed by atoms with van der Waals surface area (Å²) in [6, 6.07) is 24.1. The van der Waals surface area contributed by atoms with Gasteiger partial charge >= 0.3 is 0 Å². The highest BCUT2D eigenvalue weighted by Crippen LogP contribution is 2.27. The zero-order valence-electron chi connectivity index (χ0n) is 15.0. The Bertz CT molecular complexity index is 791. The van der Waals surface area contributed by atoms with Gasteiger partial charge in [0, 0.05) is 12.5 Å². The number of benzene rings is 2. The van der Waals surface area contributed by atoms with E-state index in [4.69, 9.17) is 9.25 Å². The third-order valence-electron chi connectivity index (χ3n) is 4.15. The molecule has 1 heterocycles. The zero-order valence-corrected chi connectivity index (χ0v) is 15.0. The van der Waals surface area contributed by atoms with Gasteiger partial charge in [-0.05, 0) is 29.7 Å². The summed E-state index contributed by atoms with van der Waals surface area (Å²) >= 11 is 0. The number of nitrogens with one attached hydrogen (secondary N) is 1. The van der Waals surface area contributed by atoms with E-state index in [1.165, 1.54) is 17.3 Å². The highest BCUT2D eigenvalue weighted by atomic mass is 16.6. The molecule has 3 rings (SSSR count). The molecule has 2 aromatic carbocycles. The molecule has 0 saturated carbocycles. The first-order valence-corrected chi connectivity index (χ1v) is 8.88. The van der Waals surface area contributed by atoms with Crippen molar-refractivity contribution in [2.45, 2.75) is 12.3 Å². The van der Waals surface area contributed by atoms with Crippen LogP contribution in [0.4, 0.5) is 0 Å². The highest BCUT2D eigenvalue weighted by Gasteiger charge is 2.14. The SMILES string of the molecule is O=C(CO/N=C\c1ccco1)NCCC(c1ccccc1)c1ccccc1. The molecule has 0 aliphatic heterocycles. The molecule has 0 aliphatic carbocycles. The van der Waals surface area contributed by atoms with E-state index in [9.17, 15) is 4.79 Å². The summed E-state index contributed by atoms with van der Waals surface area (Å²) in [6.45, 7) is 0.428. The molecule has 3 aromatic rings. The van der Waals surface area contributed by atoms with E-state index in [-0.39, 0.29) is 18.4 Å². The molecule has 0 atom stereocenters. The number of rotatable bonds is 9. The van der Waals surface area contributed by atoms with E-state index in [1.54, 1.807) is 18.4 Å². The minimum atomic E-state index is -0.202. The van der Waals surface area contributed by atoms with Crippen LogP contribution in [0.15, 0.2) is 88.6 Å². The van der Waals surface area contributed by atoms with Gasteiger partial charge in [-0.1, -0.05) is 65.8 Å². The molecule has 1 amide bonds. The Morgan fingerprint density at radius 2 is 1.67 bits per heavy atom. The van der Waals surface area contributed by atoms with Gasteiger partial charge in [-0.25, -0.2) is 0 Å². The number of oxime groups is 1. The van der Waals surface area contributed by atoms with E-state index in [0.29, 0.717) is 12.3 Å².